The summed E-state index contributed by atoms with van der Waals surface area (Å²) in [5.41, 5.74) is 0. The molecular formula is C42H74O2. The molecule has 0 spiro atoms. The Bertz CT molecular complexity index is 711. The van der Waals surface area contributed by atoms with Crippen LogP contribution in [0.15, 0.2) is 60.8 Å². The maximum atomic E-state index is 10.5. The van der Waals surface area contributed by atoms with Gasteiger partial charge >= 0.3 is 5.97 Å². The Balaban J connectivity index is 3.20. The first-order chi connectivity index (χ1) is 21.8. The van der Waals surface area contributed by atoms with Crippen LogP contribution in [0.4, 0.5) is 0 Å². The molecule has 0 unspecified atom stereocenters. The number of carbonyl (C=O) groups is 1. The molecule has 0 radical (unpaired) electrons. The molecule has 2 nitrogen and oxygen atoms in total. The zero-order valence-electron chi connectivity index (χ0n) is 29.3. The zero-order chi connectivity index (χ0) is 31.9. The van der Waals surface area contributed by atoms with Crippen LogP contribution in [0.1, 0.15) is 200 Å². The number of unbranched alkanes of at least 4 members (excludes halogenated alkanes) is 23. The Hall–Kier alpha value is -1.83. The first-order valence-electron chi connectivity index (χ1n) is 19.2. The van der Waals surface area contributed by atoms with Crippen molar-refractivity contribution >= 4 is 5.97 Å². The van der Waals surface area contributed by atoms with Gasteiger partial charge in [0.25, 0.3) is 0 Å². The molecule has 0 amide bonds. The number of hydrogen-bond acceptors (Lipinski definition) is 1. The molecule has 0 heterocycles. The normalized spacial score (nSPS) is 12.4. The van der Waals surface area contributed by atoms with Crippen LogP contribution in [0.5, 0.6) is 0 Å². The van der Waals surface area contributed by atoms with E-state index in [0.717, 1.165) is 44.9 Å². The van der Waals surface area contributed by atoms with Crippen molar-refractivity contribution in [3.8, 4) is 0 Å². The van der Waals surface area contributed by atoms with Crippen LogP contribution in [0.25, 0.3) is 0 Å². The number of hydrogen-bond donors (Lipinski definition) is 1. The van der Waals surface area contributed by atoms with Crippen molar-refractivity contribution in [3.05, 3.63) is 60.8 Å². The Morgan fingerprint density at radius 3 is 0.909 bits per heavy atom. The maximum Gasteiger partial charge on any atom is 0.303 e. The molecule has 2 heteroatoms. The molecular weight excluding hydrogens is 536 g/mol. The fourth-order valence-corrected chi connectivity index (χ4v) is 5.62. The van der Waals surface area contributed by atoms with Crippen molar-refractivity contribution in [3.63, 3.8) is 0 Å². The fraction of sp³-hybridized carbons (Fsp3) is 0.738. The molecule has 254 valence electrons. The predicted octanol–water partition coefficient (Wildman–Crippen LogP) is 14.6. The van der Waals surface area contributed by atoms with Gasteiger partial charge in [-0.25, -0.2) is 0 Å². The number of allylic oxidation sites excluding steroid dienone is 10. The van der Waals surface area contributed by atoms with Gasteiger partial charge in [-0.1, -0.05) is 203 Å². The summed E-state index contributed by atoms with van der Waals surface area (Å²) in [4.78, 5) is 10.5. The lowest BCUT2D eigenvalue weighted by atomic mass is 10.0. The highest BCUT2D eigenvalue weighted by Gasteiger charge is 1.98. The van der Waals surface area contributed by atoms with Gasteiger partial charge in [0.05, 0.1) is 0 Å². The van der Waals surface area contributed by atoms with E-state index in [1.54, 1.807) is 0 Å². The Labute approximate surface area is 275 Å². The summed E-state index contributed by atoms with van der Waals surface area (Å²) in [6.45, 7) is 2.17. The SMILES string of the molecule is CC/C=C\C/C=C\C/C=C\C/C=C\C/C=C\CCCCCCCCCCCCCCCCCCCCCCCCCC(=O)O. The summed E-state index contributed by atoms with van der Waals surface area (Å²) in [5.74, 6) is -0.651. The van der Waals surface area contributed by atoms with E-state index in [0.29, 0.717) is 6.42 Å². The smallest absolute Gasteiger partial charge is 0.303 e. The van der Waals surface area contributed by atoms with Gasteiger partial charge in [0.1, 0.15) is 0 Å². The van der Waals surface area contributed by atoms with Crippen LogP contribution in [-0.2, 0) is 4.79 Å². The molecule has 0 aliphatic rings. The molecule has 0 bridgehead atoms. The second kappa shape index (κ2) is 39.2. The number of aliphatic carboxylic acids is 1. The topological polar surface area (TPSA) is 37.3 Å². The Morgan fingerprint density at radius 2 is 0.614 bits per heavy atom. The van der Waals surface area contributed by atoms with Gasteiger partial charge in [-0.05, 0) is 51.4 Å². The molecule has 0 aromatic heterocycles. The van der Waals surface area contributed by atoms with Gasteiger partial charge in [-0.3, -0.25) is 4.79 Å². The lowest BCUT2D eigenvalue weighted by Gasteiger charge is -2.04. The van der Waals surface area contributed by atoms with Crippen LogP contribution in [0.2, 0.25) is 0 Å². The monoisotopic (exact) mass is 611 g/mol. The molecule has 0 atom stereocenters. The average Bonchev–Trinajstić information content (AvgIpc) is 3.02. The summed E-state index contributed by atoms with van der Waals surface area (Å²) in [7, 11) is 0. The Kier molecular flexibility index (Phi) is 37.6. The first kappa shape index (κ1) is 42.2. The molecule has 1 N–H and O–H groups in total. The summed E-state index contributed by atoms with van der Waals surface area (Å²) in [6.07, 6.45) is 61.0. The van der Waals surface area contributed by atoms with Crippen LogP contribution in [-0.4, -0.2) is 11.1 Å². The van der Waals surface area contributed by atoms with Gasteiger partial charge in [0, 0.05) is 6.42 Å². The molecule has 0 saturated heterocycles. The highest BCUT2D eigenvalue weighted by atomic mass is 16.4. The van der Waals surface area contributed by atoms with Crippen molar-refractivity contribution in [2.45, 2.75) is 200 Å². The highest BCUT2D eigenvalue weighted by molar-refractivity contribution is 5.66. The van der Waals surface area contributed by atoms with E-state index in [2.05, 4.69) is 67.7 Å². The summed E-state index contributed by atoms with van der Waals surface area (Å²) >= 11 is 0. The van der Waals surface area contributed by atoms with E-state index in [-0.39, 0.29) is 0 Å². The molecule has 0 rings (SSSR count). The molecule has 0 aliphatic carbocycles. The quantitative estimate of drug-likeness (QED) is 0.0572. The molecule has 0 fully saturated rings. The summed E-state index contributed by atoms with van der Waals surface area (Å²) in [6, 6.07) is 0. The van der Waals surface area contributed by atoms with E-state index in [1.165, 1.54) is 141 Å². The summed E-state index contributed by atoms with van der Waals surface area (Å²) in [5, 5.41) is 8.64. The third kappa shape index (κ3) is 40.2. The standard InChI is InChI=1S/C42H74O2/c1-2-3-4-5-6-7-8-9-10-11-12-13-14-15-16-17-18-19-20-21-22-23-24-25-26-27-28-29-30-31-32-33-34-35-36-37-38-39-40-41-42(43)44/h3-4,6-7,9-10,12-13,15-16H,2,5,8,11,14,17-41H2,1H3,(H,43,44)/b4-3-,7-6-,10-9-,13-12-,16-15-. The molecule has 44 heavy (non-hydrogen) atoms. The minimum Gasteiger partial charge on any atom is -0.481 e. The number of rotatable bonds is 35. The molecule has 0 aromatic carbocycles. The zero-order valence-corrected chi connectivity index (χ0v) is 29.3. The third-order valence-corrected chi connectivity index (χ3v) is 8.42. The van der Waals surface area contributed by atoms with Gasteiger partial charge in [0.2, 0.25) is 0 Å². The van der Waals surface area contributed by atoms with Crippen molar-refractivity contribution in [1.29, 1.82) is 0 Å². The maximum absolute atomic E-state index is 10.5. The average molecular weight is 611 g/mol. The second-order valence-electron chi connectivity index (χ2n) is 12.8. The van der Waals surface area contributed by atoms with E-state index < -0.39 is 5.97 Å². The van der Waals surface area contributed by atoms with Crippen molar-refractivity contribution in [2.75, 3.05) is 0 Å². The first-order valence-corrected chi connectivity index (χ1v) is 19.2. The Morgan fingerprint density at radius 1 is 0.364 bits per heavy atom. The number of carboxylic acid groups (broad SMARTS) is 1. The van der Waals surface area contributed by atoms with Crippen molar-refractivity contribution in [2.24, 2.45) is 0 Å². The van der Waals surface area contributed by atoms with E-state index in [1.807, 2.05) is 0 Å². The highest BCUT2D eigenvalue weighted by Crippen LogP contribution is 2.16. The van der Waals surface area contributed by atoms with Gasteiger partial charge in [-0.2, -0.15) is 0 Å². The molecule has 0 aromatic rings. The molecule has 0 aliphatic heterocycles. The lowest BCUT2D eigenvalue weighted by molar-refractivity contribution is -0.137. The van der Waals surface area contributed by atoms with E-state index in [9.17, 15) is 4.79 Å². The lowest BCUT2D eigenvalue weighted by Crippen LogP contribution is -1.93. The fourth-order valence-electron chi connectivity index (χ4n) is 5.62. The van der Waals surface area contributed by atoms with Crippen LogP contribution >= 0.6 is 0 Å². The number of carboxylic acids is 1. The van der Waals surface area contributed by atoms with Gasteiger partial charge in [0.15, 0.2) is 0 Å². The van der Waals surface area contributed by atoms with Crippen molar-refractivity contribution < 1.29 is 9.90 Å². The van der Waals surface area contributed by atoms with Gasteiger partial charge < -0.3 is 5.11 Å². The van der Waals surface area contributed by atoms with E-state index >= 15 is 0 Å². The summed E-state index contributed by atoms with van der Waals surface area (Å²) < 4.78 is 0. The largest absolute Gasteiger partial charge is 0.481 e. The van der Waals surface area contributed by atoms with Crippen LogP contribution in [0, 0.1) is 0 Å². The second-order valence-corrected chi connectivity index (χ2v) is 12.8. The minimum atomic E-state index is -0.651. The van der Waals surface area contributed by atoms with Crippen LogP contribution in [0.3, 0.4) is 0 Å². The van der Waals surface area contributed by atoms with E-state index in [4.69, 9.17) is 5.11 Å². The molecule has 0 saturated carbocycles. The van der Waals surface area contributed by atoms with Crippen molar-refractivity contribution in [1.82, 2.24) is 0 Å². The van der Waals surface area contributed by atoms with Gasteiger partial charge in [-0.15, -0.1) is 0 Å². The third-order valence-electron chi connectivity index (χ3n) is 8.42. The van der Waals surface area contributed by atoms with Crippen LogP contribution < -0.4 is 0 Å². The minimum absolute atomic E-state index is 0.342. The predicted molar refractivity (Wildman–Crippen MR) is 198 cm³/mol.